The van der Waals surface area contributed by atoms with E-state index in [0.29, 0.717) is 11.6 Å². The second kappa shape index (κ2) is 9.04. The van der Waals surface area contributed by atoms with Crippen LogP contribution in [0.2, 0.25) is 0 Å². The Kier molecular flexibility index (Phi) is 7.06. The van der Waals surface area contributed by atoms with Gasteiger partial charge in [0, 0.05) is 16.4 Å². The molecule has 1 heterocycles. The molecule has 2 atom stereocenters. The highest BCUT2D eigenvalue weighted by atomic mass is 32.1. The van der Waals surface area contributed by atoms with E-state index < -0.39 is 5.92 Å². The molecule has 0 spiro atoms. The molecule has 0 aliphatic carbocycles. The molecule has 1 aromatic carbocycles. The van der Waals surface area contributed by atoms with E-state index in [1.807, 2.05) is 44.2 Å². The van der Waals surface area contributed by atoms with Crippen LogP contribution in [0.4, 0.5) is 0 Å². The van der Waals surface area contributed by atoms with Crippen LogP contribution in [0, 0.1) is 11.8 Å². The first-order valence-corrected chi connectivity index (χ1v) is 9.87. The summed E-state index contributed by atoms with van der Waals surface area (Å²) in [7, 11) is 0. The highest BCUT2D eigenvalue weighted by molar-refractivity contribution is 7.15. The molecule has 134 valence electrons. The minimum Gasteiger partial charge on any atom is -0.302 e. The molecule has 2 aromatic rings. The van der Waals surface area contributed by atoms with E-state index in [4.69, 9.17) is 4.98 Å². The highest BCUT2D eigenvalue weighted by Gasteiger charge is 2.31. The molecule has 25 heavy (non-hydrogen) atoms. The first-order valence-electron chi connectivity index (χ1n) is 9.05. The summed E-state index contributed by atoms with van der Waals surface area (Å²) >= 11 is 1.58. The predicted molar refractivity (Wildman–Crippen MR) is 104 cm³/mol. The van der Waals surface area contributed by atoms with Gasteiger partial charge in [-0.3, -0.25) is 4.79 Å². The zero-order valence-electron chi connectivity index (χ0n) is 15.5. The van der Waals surface area contributed by atoms with Crippen LogP contribution in [0.15, 0.2) is 30.3 Å². The number of ketones is 1. The third-order valence-electron chi connectivity index (χ3n) is 4.46. The van der Waals surface area contributed by atoms with Crippen molar-refractivity contribution in [2.24, 2.45) is 11.8 Å². The van der Waals surface area contributed by atoms with Crippen LogP contribution in [0.5, 0.6) is 0 Å². The maximum absolute atomic E-state index is 13.0. The zero-order chi connectivity index (χ0) is 18.4. The second-order valence-electron chi connectivity index (χ2n) is 6.80. The van der Waals surface area contributed by atoms with Crippen LogP contribution < -0.4 is 0 Å². The standard InChI is InChI=1S/C21H27NO2S/c1-5-15(12-14(3)4)20(24)17(13-23)19-18(6-2)25-21(22-19)16-10-8-7-9-11-16/h7-11,13-15,17H,5-6,12H2,1-4H3/t15-,17?/m1/s1. The number of hydrogen-bond acceptors (Lipinski definition) is 4. The highest BCUT2D eigenvalue weighted by Crippen LogP contribution is 2.34. The molecule has 0 N–H and O–H groups in total. The maximum Gasteiger partial charge on any atom is 0.152 e. The lowest BCUT2D eigenvalue weighted by molar-refractivity contribution is -0.128. The number of thiazole rings is 1. The summed E-state index contributed by atoms with van der Waals surface area (Å²) in [5, 5.41) is 0.879. The number of rotatable bonds is 9. The van der Waals surface area contributed by atoms with Crippen molar-refractivity contribution in [3.8, 4) is 10.6 Å². The Morgan fingerprint density at radius 1 is 1.20 bits per heavy atom. The minimum absolute atomic E-state index is 0.0193. The van der Waals surface area contributed by atoms with Crippen LogP contribution in [0.1, 0.15) is 57.0 Å². The summed E-state index contributed by atoms with van der Waals surface area (Å²) in [4.78, 5) is 30.5. The molecule has 0 radical (unpaired) electrons. The van der Waals surface area contributed by atoms with Gasteiger partial charge in [0.15, 0.2) is 5.78 Å². The number of aryl methyl sites for hydroxylation is 1. The Hall–Kier alpha value is -1.81. The van der Waals surface area contributed by atoms with Gasteiger partial charge >= 0.3 is 0 Å². The first kappa shape index (κ1) is 19.5. The molecule has 1 aromatic heterocycles. The van der Waals surface area contributed by atoms with E-state index in [2.05, 4.69) is 13.8 Å². The van der Waals surface area contributed by atoms with E-state index in [-0.39, 0.29) is 11.7 Å². The van der Waals surface area contributed by atoms with Crippen molar-refractivity contribution in [3.63, 3.8) is 0 Å². The fourth-order valence-corrected chi connectivity index (χ4v) is 4.19. The Morgan fingerprint density at radius 3 is 2.40 bits per heavy atom. The van der Waals surface area contributed by atoms with Gasteiger partial charge in [0.25, 0.3) is 0 Å². The van der Waals surface area contributed by atoms with Gasteiger partial charge in [-0.1, -0.05) is 58.0 Å². The van der Waals surface area contributed by atoms with Gasteiger partial charge in [-0.2, -0.15) is 0 Å². The topological polar surface area (TPSA) is 47.0 Å². The number of benzene rings is 1. The Bertz CT molecular complexity index is 706. The van der Waals surface area contributed by atoms with Gasteiger partial charge in [0.1, 0.15) is 17.2 Å². The number of carbonyl (C=O) groups is 2. The third kappa shape index (κ3) is 4.63. The SMILES string of the molecule is CCc1sc(-c2ccccc2)nc1C(C=O)C(=O)[C@H](CC)CC(C)C. The minimum atomic E-state index is -0.743. The van der Waals surface area contributed by atoms with Crippen molar-refractivity contribution in [3.05, 3.63) is 40.9 Å². The van der Waals surface area contributed by atoms with Crippen LogP contribution in [-0.2, 0) is 16.0 Å². The van der Waals surface area contributed by atoms with E-state index in [1.165, 1.54) is 0 Å². The molecule has 3 nitrogen and oxygen atoms in total. The summed E-state index contributed by atoms with van der Waals surface area (Å²) in [6.45, 7) is 8.28. The van der Waals surface area contributed by atoms with Gasteiger partial charge in [-0.25, -0.2) is 4.98 Å². The molecule has 4 heteroatoms. The monoisotopic (exact) mass is 357 g/mol. The van der Waals surface area contributed by atoms with E-state index >= 15 is 0 Å². The normalized spacial score (nSPS) is 13.6. The van der Waals surface area contributed by atoms with Gasteiger partial charge in [-0.05, 0) is 25.2 Å². The lowest BCUT2D eigenvalue weighted by Crippen LogP contribution is -2.25. The molecular weight excluding hydrogens is 330 g/mol. The molecule has 0 aliphatic heterocycles. The molecule has 0 bridgehead atoms. The third-order valence-corrected chi connectivity index (χ3v) is 5.72. The van der Waals surface area contributed by atoms with E-state index in [0.717, 1.165) is 41.0 Å². The first-order chi connectivity index (χ1) is 12.0. The lowest BCUT2D eigenvalue weighted by Gasteiger charge is -2.19. The summed E-state index contributed by atoms with van der Waals surface area (Å²) < 4.78 is 0. The zero-order valence-corrected chi connectivity index (χ0v) is 16.3. The number of carbonyl (C=O) groups excluding carboxylic acids is 2. The van der Waals surface area contributed by atoms with Crippen molar-refractivity contribution in [2.45, 2.75) is 52.9 Å². The Balaban J connectivity index is 2.38. The predicted octanol–water partition coefficient (Wildman–Crippen LogP) is 5.30. The molecule has 0 amide bonds. The second-order valence-corrected chi connectivity index (χ2v) is 7.88. The van der Waals surface area contributed by atoms with Gasteiger partial charge in [-0.15, -0.1) is 11.3 Å². The molecule has 0 aliphatic rings. The summed E-state index contributed by atoms with van der Waals surface area (Å²) in [6, 6.07) is 9.93. The van der Waals surface area contributed by atoms with E-state index in [9.17, 15) is 9.59 Å². The summed E-state index contributed by atoms with van der Waals surface area (Å²) in [5.74, 6) is -0.373. The number of Topliss-reactive ketones (excluding diaryl/α,β-unsaturated/α-hetero) is 1. The average molecular weight is 358 g/mol. The fourth-order valence-electron chi connectivity index (χ4n) is 3.14. The molecule has 1 unspecified atom stereocenters. The number of aromatic nitrogens is 1. The quantitative estimate of drug-likeness (QED) is 0.452. The van der Waals surface area contributed by atoms with E-state index in [1.54, 1.807) is 11.3 Å². The van der Waals surface area contributed by atoms with Crippen LogP contribution in [-0.4, -0.2) is 17.1 Å². The van der Waals surface area contributed by atoms with Crippen molar-refractivity contribution in [2.75, 3.05) is 0 Å². The molecule has 0 fully saturated rings. The van der Waals surface area contributed by atoms with Crippen LogP contribution in [0.3, 0.4) is 0 Å². The Morgan fingerprint density at radius 2 is 1.88 bits per heavy atom. The van der Waals surface area contributed by atoms with Crippen molar-refractivity contribution in [1.82, 2.24) is 4.98 Å². The molecule has 2 rings (SSSR count). The van der Waals surface area contributed by atoms with Gasteiger partial charge in [0.2, 0.25) is 0 Å². The molecule has 0 saturated heterocycles. The maximum atomic E-state index is 13.0. The molecular formula is C21H27NO2S. The van der Waals surface area contributed by atoms with Crippen molar-refractivity contribution < 1.29 is 9.59 Å². The Labute approximate surface area is 154 Å². The lowest BCUT2D eigenvalue weighted by atomic mass is 9.84. The average Bonchev–Trinajstić information content (AvgIpc) is 3.05. The summed E-state index contributed by atoms with van der Waals surface area (Å²) in [6.07, 6.45) is 3.14. The van der Waals surface area contributed by atoms with Crippen LogP contribution >= 0.6 is 11.3 Å². The molecule has 0 saturated carbocycles. The summed E-state index contributed by atoms with van der Waals surface area (Å²) in [5.41, 5.74) is 1.69. The number of hydrogen-bond donors (Lipinski definition) is 0. The van der Waals surface area contributed by atoms with Gasteiger partial charge in [0.05, 0.1) is 5.69 Å². The smallest absolute Gasteiger partial charge is 0.152 e. The number of aldehydes is 1. The largest absolute Gasteiger partial charge is 0.302 e. The van der Waals surface area contributed by atoms with Crippen molar-refractivity contribution >= 4 is 23.4 Å². The number of nitrogens with zero attached hydrogens (tertiary/aromatic N) is 1. The fraction of sp³-hybridized carbons (Fsp3) is 0.476. The van der Waals surface area contributed by atoms with Gasteiger partial charge < -0.3 is 4.79 Å². The van der Waals surface area contributed by atoms with Crippen LogP contribution in [0.25, 0.3) is 10.6 Å². The van der Waals surface area contributed by atoms with Crippen molar-refractivity contribution in [1.29, 1.82) is 0 Å².